The molecule has 0 aliphatic rings. The van der Waals surface area contributed by atoms with E-state index in [0.717, 1.165) is 17.2 Å². The third kappa shape index (κ3) is 2.71. The van der Waals surface area contributed by atoms with E-state index in [0.29, 0.717) is 6.54 Å². The van der Waals surface area contributed by atoms with E-state index in [1.807, 2.05) is 18.2 Å². The molecular formula is C14H19N3S. The largest absolute Gasteiger partial charge is 0.351 e. The Kier molecular flexibility index (Phi) is 3.99. The molecule has 0 fully saturated rings. The number of nitrogens with one attached hydrogen (secondary N) is 1. The second kappa shape index (κ2) is 5.50. The minimum Gasteiger partial charge on any atom is -0.351 e. The quantitative estimate of drug-likeness (QED) is 0.870. The van der Waals surface area contributed by atoms with Gasteiger partial charge in [-0.05, 0) is 18.9 Å². The molecule has 0 aliphatic heterocycles. The van der Waals surface area contributed by atoms with Gasteiger partial charge in [0, 0.05) is 11.9 Å². The first-order chi connectivity index (χ1) is 8.68. The summed E-state index contributed by atoms with van der Waals surface area (Å²) >= 11 is 1.63. The van der Waals surface area contributed by atoms with Crippen LogP contribution in [0.2, 0.25) is 0 Å². The van der Waals surface area contributed by atoms with Crippen molar-refractivity contribution in [1.29, 1.82) is 0 Å². The summed E-state index contributed by atoms with van der Waals surface area (Å²) in [5, 5.41) is 6.48. The molecule has 1 unspecified atom stereocenters. The predicted octanol–water partition coefficient (Wildman–Crippen LogP) is 2.99. The highest BCUT2D eigenvalue weighted by Crippen LogP contribution is 2.27. The number of nitrogens with zero attached hydrogens (tertiary/aromatic N) is 1. The minimum absolute atomic E-state index is 0.274. The standard InChI is InChI=1S/C14H19N3S/c1-3-12-9-18-13(16-12)17-14(2,10-15)11-7-5-4-6-8-11/h4-9H,3,10,15H2,1-2H3,(H,16,17). The van der Waals surface area contributed by atoms with Gasteiger partial charge in [0.15, 0.2) is 5.13 Å². The summed E-state index contributed by atoms with van der Waals surface area (Å²) in [4.78, 5) is 4.54. The van der Waals surface area contributed by atoms with Crippen molar-refractivity contribution in [2.45, 2.75) is 25.8 Å². The Morgan fingerprint density at radius 3 is 2.61 bits per heavy atom. The van der Waals surface area contributed by atoms with Crippen molar-refractivity contribution >= 4 is 16.5 Å². The van der Waals surface area contributed by atoms with Gasteiger partial charge >= 0.3 is 0 Å². The average molecular weight is 261 g/mol. The van der Waals surface area contributed by atoms with Crippen LogP contribution in [0.3, 0.4) is 0 Å². The molecular weight excluding hydrogens is 242 g/mol. The van der Waals surface area contributed by atoms with Crippen LogP contribution in [0.1, 0.15) is 25.1 Å². The van der Waals surface area contributed by atoms with Gasteiger partial charge < -0.3 is 11.1 Å². The Hall–Kier alpha value is -1.39. The lowest BCUT2D eigenvalue weighted by molar-refractivity contribution is 0.556. The third-order valence-corrected chi connectivity index (χ3v) is 3.92. The highest BCUT2D eigenvalue weighted by atomic mass is 32.1. The number of aromatic nitrogens is 1. The van der Waals surface area contributed by atoms with E-state index >= 15 is 0 Å². The molecule has 0 spiro atoms. The van der Waals surface area contributed by atoms with E-state index < -0.39 is 0 Å². The van der Waals surface area contributed by atoms with Crippen LogP contribution in [0.4, 0.5) is 5.13 Å². The van der Waals surface area contributed by atoms with E-state index in [4.69, 9.17) is 5.73 Å². The van der Waals surface area contributed by atoms with Gasteiger partial charge in [0.2, 0.25) is 0 Å². The normalized spacial score (nSPS) is 14.2. The number of hydrogen-bond acceptors (Lipinski definition) is 4. The first-order valence-corrected chi connectivity index (χ1v) is 7.04. The van der Waals surface area contributed by atoms with Crippen LogP contribution in [-0.2, 0) is 12.0 Å². The van der Waals surface area contributed by atoms with Crippen molar-refractivity contribution in [3.63, 3.8) is 0 Å². The predicted molar refractivity (Wildman–Crippen MR) is 78.0 cm³/mol. The fourth-order valence-electron chi connectivity index (χ4n) is 1.81. The van der Waals surface area contributed by atoms with E-state index in [1.165, 1.54) is 5.56 Å². The van der Waals surface area contributed by atoms with Gasteiger partial charge in [0.1, 0.15) is 0 Å². The summed E-state index contributed by atoms with van der Waals surface area (Å²) < 4.78 is 0. The van der Waals surface area contributed by atoms with E-state index in [1.54, 1.807) is 11.3 Å². The van der Waals surface area contributed by atoms with Gasteiger partial charge in [-0.1, -0.05) is 37.3 Å². The highest BCUT2D eigenvalue weighted by Gasteiger charge is 2.25. The molecule has 0 bridgehead atoms. The van der Waals surface area contributed by atoms with Crippen LogP contribution in [0, 0.1) is 0 Å². The fourth-order valence-corrected chi connectivity index (χ4v) is 2.73. The Morgan fingerprint density at radius 1 is 1.33 bits per heavy atom. The molecule has 0 saturated carbocycles. The van der Waals surface area contributed by atoms with Crippen molar-refractivity contribution in [3.05, 3.63) is 47.0 Å². The number of anilines is 1. The molecule has 0 saturated heterocycles. The molecule has 1 atom stereocenters. The van der Waals surface area contributed by atoms with Gasteiger partial charge in [-0.2, -0.15) is 0 Å². The molecule has 1 heterocycles. The Bertz CT molecular complexity index is 495. The lowest BCUT2D eigenvalue weighted by Gasteiger charge is -2.29. The smallest absolute Gasteiger partial charge is 0.183 e. The molecule has 1 aromatic carbocycles. The zero-order valence-corrected chi connectivity index (χ0v) is 11.6. The summed E-state index contributed by atoms with van der Waals surface area (Å²) in [6.45, 7) is 4.74. The fraction of sp³-hybridized carbons (Fsp3) is 0.357. The minimum atomic E-state index is -0.274. The van der Waals surface area contributed by atoms with Crippen LogP contribution in [0.5, 0.6) is 0 Å². The van der Waals surface area contributed by atoms with Gasteiger partial charge in [0.25, 0.3) is 0 Å². The van der Waals surface area contributed by atoms with Gasteiger partial charge in [-0.15, -0.1) is 11.3 Å². The second-order valence-corrected chi connectivity index (χ2v) is 5.38. The Labute approximate surface area is 112 Å². The molecule has 1 aromatic heterocycles. The van der Waals surface area contributed by atoms with Gasteiger partial charge in [0.05, 0.1) is 11.2 Å². The van der Waals surface area contributed by atoms with E-state index in [9.17, 15) is 0 Å². The average Bonchev–Trinajstić information content (AvgIpc) is 2.87. The lowest BCUT2D eigenvalue weighted by Crippen LogP contribution is -2.39. The molecule has 96 valence electrons. The van der Waals surface area contributed by atoms with Crippen LogP contribution in [0.25, 0.3) is 0 Å². The third-order valence-electron chi connectivity index (χ3n) is 3.12. The number of aryl methyl sites for hydroxylation is 1. The maximum Gasteiger partial charge on any atom is 0.183 e. The highest BCUT2D eigenvalue weighted by molar-refractivity contribution is 7.13. The van der Waals surface area contributed by atoms with Gasteiger partial charge in [-0.3, -0.25) is 0 Å². The monoisotopic (exact) mass is 261 g/mol. The number of rotatable bonds is 5. The van der Waals surface area contributed by atoms with Crippen LogP contribution in [0.15, 0.2) is 35.7 Å². The van der Waals surface area contributed by atoms with Crippen molar-refractivity contribution < 1.29 is 0 Å². The maximum absolute atomic E-state index is 5.94. The summed E-state index contributed by atoms with van der Waals surface area (Å²) in [7, 11) is 0. The summed E-state index contributed by atoms with van der Waals surface area (Å²) in [6.07, 6.45) is 0.961. The molecule has 2 rings (SSSR count). The zero-order chi connectivity index (χ0) is 13.0. The molecule has 2 aromatic rings. The topological polar surface area (TPSA) is 50.9 Å². The molecule has 0 radical (unpaired) electrons. The van der Waals surface area contributed by atoms with Gasteiger partial charge in [-0.25, -0.2) is 4.98 Å². The maximum atomic E-state index is 5.94. The van der Waals surface area contributed by atoms with Crippen molar-refractivity contribution in [3.8, 4) is 0 Å². The summed E-state index contributed by atoms with van der Waals surface area (Å²) in [6, 6.07) is 10.3. The molecule has 3 N–H and O–H groups in total. The Morgan fingerprint density at radius 2 is 2.06 bits per heavy atom. The first-order valence-electron chi connectivity index (χ1n) is 6.16. The zero-order valence-electron chi connectivity index (χ0n) is 10.8. The molecule has 18 heavy (non-hydrogen) atoms. The van der Waals surface area contributed by atoms with Crippen LogP contribution < -0.4 is 11.1 Å². The number of benzene rings is 1. The van der Waals surface area contributed by atoms with E-state index in [2.05, 4.69) is 41.7 Å². The first kappa shape index (κ1) is 13.1. The second-order valence-electron chi connectivity index (χ2n) is 4.52. The molecule has 0 aliphatic carbocycles. The van der Waals surface area contributed by atoms with Crippen molar-refractivity contribution in [1.82, 2.24) is 4.98 Å². The number of hydrogen-bond donors (Lipinski definition) is 2. The summed E-state index contributed by atoms with van der Waals surface area (Å²) in [5.74, 6) is 0. The van der Waals surface area contributed by atoms with Crippen LogP contribution in [-0.4, -0.2) is 11.5 Å². The van der Waals surface area contributed by atoms with Crippen LogP contribution >= 0.6 is 11.3 Å². The van der Waals surface area contributed by atoms with E-state index in [-0.39, 0.29) is 5.54 Å². The lowest BCUT2D eigenvalue weighted by atomic mass is 9.92. The number of thiazole rings is 1. The van der Waals surface area contributed by atoms with Crippen molar-refractivity contribution in [2.24, 2.45) is 5.73 Å². The number of nitrogens with two attached hydrogens (primary N) is 1. The summed E-state index contributed by atoms with van der Waals surface area (Å²) in [5.41, 5.74) is 7.97. The van der Waals surface area contributed by atoms with Crippen molar-refractivity contribution in [2.75, 3.05) is 11.9 Å². The molecule has 4 heteroatoms. The Balaban J connectivity index is 2.23. The molecule has 0 amide bonds. The SMILES string of the molecule is CCc1csc(NC(C)(CN)c2ccccc2)n1. The molecule has 3 nitrogen and oxygen atoms in total.